The van der Waals surface area contributed by atoms with Gasteiger partial charge in [-0.3, -0.25) is 4.79 Å². The number of hydrogen-bond acceptors (Lipinski definition) is 4. The maximum Gasteiger partial charge on any atom is 0.318 e. The summed E-state index contributed by atoms with van der Waals surface area (Å²) in [7, 11) is 1.43. The van der Waals surface area contributed by atoms with E-state index >= 15 is 0 Å². The number of carbonyl (C=O) groups excluding carboxylic acids is 2. The summed E-state index contributed by atoms with van der Waals surface area (Å²) < 4.78 is 4.66. The van der Waals surface area contributed by atoms with Gasteiger partial charge in [0.1, 0.15) is 0 Å². The predicted molar refractivity (Wildman–Crippen MR) is 84.5 cm³/mol. The summed E-state index contributed by atoms with van der Waals surface area (Å²) in [4.78, 5) is 25.2. The van der Waals surface area contributed by atoms with Crippen molar-refractivity contribution in [2.24, 2.45) is 0 Å². The lowest BCUT2D eigenvalue weighted by Gasteiger charge is -2.27. The van der Waals surface area contributed by atoms with E-state index in [9.17, 15) is 9.59 Å². The molecule has 0 radical (unpaired) electrons. The van der Waals surface area contributed by atoms with Crippen molar-refractivity contribution in [2.45, 2.75) is 62.8 Å². The fourth-order valence-electron chi connectivity index (χ4n) is 3.16. The SMILES string of the molecule is CCCCN1C(=O)NC2CSC(CCCCC(=O)OC)C21. The Morgan fingerprint density at radius 1 is 1.43 bits per heavy atom. The highest BCUT2D eigenvalue weighted by molar-refractivity contribution is 8.00. The van der Waals surface area contributed by atoms with Gasteiger partial charge in [-0.05, 0) is 19.3 Å². The van der Waals surface area contributed by atoms with E-state index in [2.05, 4.69) is 17.0 Å². The minimum atomic E-state index is -0.130. The molecule has 2 fully saturated rings. The molecular weight excluding hydrogens is 288 g/mol. The molecule has 3 unspecified atom stereocenters. The summed E-state index contributed by atoms with van der Waals surface area (Å²) >= 11 is 1.97. The van der Waals surface area contributed by atoms with E-state index < -0.39 is 0 Å². The molecule has 0 aromatic rings. The number of nitrogens with zero attached hydrogens (tertiary/aromatic N) is 1. The lowest BCUT2D eigenvalue weighted by Crippen LogP contribution is -2.41. The lowest BCUT2D eigenvalue weighted by molar-refractivity contribution is -0.140. The van der Waals surface area contributed by atoms with Gasteiger partial charge in [0.05, 0.1) is 19.2 Å². The van der Waals surface area contributed by atoms with Gasteiger partial charge in [0.2, 0.25) is 0 Å². The zero-order valence-corrected chi connectivity index (χ0v) is 13.8. The van der Waals surface area contributed by atoms with Crippen LogP contribution in [-0.4, -0.2) is 53.6 Å². The van der Waals surface area contributed by atoms with Crippen LogP contribution in [0.15, 0.2) is 0 Å². The molecule has 2 aliphatic rings. The summed E-state index contributed by atoms with van der Waals surface area (Å²) in [5, 5.41) is 3.62. The van der Waals surface area contributed by atoms with Gasteiger partial charge in [-0.15, -0.1) is 0 Å². The first kappa shape index (κ1) is 16.5. The van der Waals surface area contributed by atoms with E-state index in [0.29, 0.717) is 23.8 Å². The molecule has 6 heteroatoms. The highest BCUT2D eigenvalue weighted by Gasteiger charge is 2.47. The monoisotopic (exact) mass is 314 g/mol. The molecule has 3 atom stereocenters. The molecule has 0 bridgehead atoms. The Kier molecular flexibility index (Phi) is 6.21. The highest BCUT2D eigenvalue weighted by atomic mass is 32.2. The zero-order valence-electron chi connectivity index (χ0n) is 13.0. The number of carbonyl (C=O) groups is 2. The fraction of sp³-hybridized carbons (Fsp3) is 0.867. The Labute approximate surface area is 131 Å². The van der Waals surface area contributed by atoms with Crippen LogP contribution in [0.25, 0.3) is 0 Å². The van der Waals surface area contributed by atoms with E-state index in [-0.39, 0.29) is 12.0 Å². The van der Waals surface area contributed by atoms with Gasteiger partial charge in [0, 0.05) is 24.0 Å². The zero-order chi connectivity index (χ0) is 15.2. The summed E-state index contributed by atoms with van der Waals surface area (Å²) in [5.41, 5.74) is 0. The molecule has 2 rings (SSSR count). The van der Waals surface area contributed by atoms with Crippen molar-refractivity contribution in [1.29, 1.82) is 0 Å². The predicted octanol–water partition coefficient (Wildman–Crippen LogP) is 2.40. The van der Waals surface area contributed by atoms with Crippen molar-refractivity contribution in [3.05, 3.63) is 0 Å². The molecule has 0 aromatic heterocycles. The molecule has 2 saturated heterocycles. The van der Waals surface area contributed by atoms with Crippen LogP contribution in [0, 0.1) is 0 Å². The number of methoxy groups -OCH3 is 1. The van der Waals surface area contributed by atoms with Crippen LogP contribution in [-0.2, 0) is 9.53 Å². The molecule has 5 nitrogen and oxygen atoms in total. The van der Waals surface area contributed by atoms with Crippen molar-refractivity contribution >= 4 is 23.8 Å². The van der Waals surface area contributed by atoms with Gasteiger partial charge < -0.3 is 15.0 Å². The molecule has 2 amide bonds. The topological polar surface area (TPSA) is 58.6 Å². The van der Waals surface area contributed by atoms with Crippen molar-refractivity contribution < 1.29 is 14.3 Å². The number of rotatable bonds is 8. The maximum absolute atomic E-state index is 12.0. The minimum Gasteiger partial charge on any atom is -0.469 e. The molecule has 0 aromatic carbocycles. The fourth-order valence-corrected chi connectivity index (χ4v) is 4.76. The molecule has 0 aliphatic carbocycles. The lowest BCUT2D eigenvalue weighted by atomic mass is 10.0. The first-order valence-electron chi connectivity index (χ1n) is 7.93. The third kappa shape index (κ3) is 4.05. The average Bonchev–Trinajstić information content (AvgIpc) is 3.00. The van der Waals surface area contributed by atoms with Crippen molar-refractivity contribution in [1.82, 2.24) is 10.2 Å². The third-order valence-electron chi connectivity index (χ3n) is 4.31. The number of thioether (sulfide) groups is 1. The van der Waals surface area contributed by atoms with Crippen LogP contribution in [0.1, 0.15) is 45.4 Å². The Balaban J connectivity index is 1.80. The quantitative estimate of drug-likeness (QED) is 0.424. The third-order valence-corrected chi connectivity index (χ3v) is 5.81. The summed E-state index contributed by atoms with van der Waals surface area (Å²) in [5.74, 6) is 0.884. The number of esters is 1. The first-order valence-corrected chi connectivity index (χ1v) is 8.97. The van der Waals surface area contributed by atoms with Crippen LogP contribution in [0.4, 0.5) is 4.79 Å². The van der Waals surface area contributed by atoms with Gasteiger partial charge >= 0.3 is 12.0 Å². The molecule has 2 heterocycles. The van der Waals surface area contributed by atoms with Gasteiger partial charge in [-0.25, -0.2) is 4.79 Å². The highest BCUT2D eigenvalue weighted by Crippen LogP contribution is 2.37. The number of hydrogen-bond donors (Lipinski definition) is 1. The standard InChI is InChI=1S/C15H26N2O3S/c1-3-4-9-17-14-11(16-15(17)19)10-21-12(14)7-5-6-8-13(18)20-2/h11-12,14H,3-10H2,1-2H3,(H,16,19). The Morgan fingerprint density at radius 2 is 2.24 bits per heavy atom. The van der Waals surface area contributed by atoms with Crippen molar-refractivity contribution in [2.75, 3.05) is 19.4 Å². The van der Waals surface area contributed by atoms with Gasteiger partial charge in [-0.1, -0.05) is 19.8 Å². The van der Waals surface area contributed by atoms with E-state index in [0.717, 1.165) is 44.4 Å². The molecule has 21 heavy (non-hydrogen) atoms. The molecule has 0 saturated carbocycles. The van der Waals surface area contributed by atoms with Crippen LogP contribution >= 0.6 is 11.8 Å². The van der Waals surface area contributed by atoms with E-state index in [1.54, 1.807) is 0 Å². The summed E-state index contributed by atoms with van der Waals surface area (Å²) in [6.07, 6.45) is 5.64. The number of ether oxygens (including phenoxy) is 1. The normalized spacial score (nSPS) is 27.6. The van der Waals surface area contributed by atoms with Gasteiger partial charge in [-0.2, -0.15) is 11.8 Å². The number of urea groups is 1. The van der Waals surface area contributed by atoms with Crippen LogP contribution < -0.4 is 5.32 Å². The van der Waals surface area contributed by atoms with Gasteiger partial charge in [0.25, 0.3) is 0 Å². The van der Waals surface area contributed by atoms with E-state index in [4.69, 9.17) is 0 Å². The Morgan fingerprint density at radius 3 is 2.95 bits per heavy atom. The summed E-state index contributed by atoms with van der Waals surface area (Å²) in [6.45, 7) is 3.02. The summed E-state index contributed by atoms with van der Waals surface area (Å²) in [6, 6.07) is 0.760. The van der Waals surface area contributed by atoms with Crippen molar-refractivity contribution in [3.63, 3.8) is 0 Å². The van der Waals surface area contributed by atoms with E-state index in [1.165, 1.54) is 7.11 Å². The Hall–Kier alpha value is -0.910. The largest absolute Gasteiger partial charge is 0.469 e. The average molecular weight is 314 g/mol. The second-order valence-corrected chi connectivity index (χ2v) is 7.06. The second-order valence-electron chi connectivity index (χ2n) is 5.79. The number of nitrogens with one attached hydrogen (secondary N) is 1. The number of unbranched alkanes of at least 4 members (excludes halogenated alkanes) is 2. The molecule has 2 aliphatic heterocycles. The van der Waals surface area contributed by atoms with Crippen LogP contribution in [0.5, 0.6) is 0 Å². The number of amides is 2. The van der Waals surface area contributed by atoms with Crippen LogP contribution in [0.3, 0.4) is 0 Å². The first-order chi connectivity index (χ1) is 10.2. The van der Waals surface area contributed by atoms with Gasteiger partial charge in [0.15, 0.2) is 0 Å². The van der Waals surface area contributed by atoms with Crippen LogP contribution in [0.2, 0.25) is 0 Å². The number of fused-ring (bicyclic) bond motifs is 1. The molecule has 1 N–H and O–H groups in total. The Bertz CT molecular complexity index is 378. The second kappa shape index (κ2) is 7.92. The van der Waals surface area contributed by atoms with Crippen molar-refractivity contribution in [3.8, 4) is 0 Å². The molecule has 0 spiro atoms. The maximum atomic E-state index is 12.0. The van der Waals surface area contributed by atoms with E-state index in [1.807, 2.05) is 16.7 Å². The molecular formula is C15H26N2O3S. The minimum absolute atomic E-state index is 0.110. The smallest absolute Gasteiger partial charge is 0.318 e. The molecule has 120 valence electrons.